The van der Waals surface area contributed by atoms with Crippen molar-refractivity contribution in [3.63, 3.8) is 0 Å². The van der Waals surface area contributed by atoms with E-state index in [1.807, 2.05) is 19.1 Å². The molecule has 0 spiro atoms. The van der Waals surface area contributed by atoms with E-state index in [1.54, 1.807) is 13.2 Å². The lowest BCUT2D eigenvalue weighted by Crippen LogP contribution is -2.15. The van der Waals surface area contributed by atoms with Gasteiger partial charge in [-0.2, -0.15) is 0 Å². The number of rotatable bonds is 5. The molecule has 0 amide bonds. The van der Waals surface area contributed by atoms with E-state index < -0.39 is 10.0 Å². The van der Waals surface area contributed by atoms with Crippen molar-refractivity contribution in [3.05, 3.63) is 18.2 Å². The fourth-order valence-corrected chi connectivity index (χ4v) is 3.77. The summed E-state index contributed by atoms with van der Waals surface area (Å²) in [5.74, 6) is 0.834. The zero-order valence-electron chi connectivity index (χ0n) is 10.1. The van der Waals surface area contributed by atoms with Crippen LogP contribution in [0.1, 0.15) is 13.3 Å². The van der Waals surface area contributed by atoms with Crippen molar-refractivity contribution in [2.24, 2.45) is 0 Å². The summed E-state index contributed by atoms with van der Waals surface area (Å²) in [6.45, 7) is 1.82. The molecule has 0 aliphatic heterocycles. The number of sulfonamides is 1. The van der Waals surface area contributed by atoms with Gasteiger partial charge in [0, 0.05) is 0 Å². The van der Waals surface area contributed by atoms with E-state index in [2.05, 4.69) is 9.71 Å². The van der Waals surface area contributed by atoms with Crippen LogP contribution >= 0.6 is 11.3 Å². The molecule has 7 heteroatoms. The van der Waals surface area contributed by atoms with Gasteiger partial charge in [-0.15, -0.1) is 0 Å². The van der Waals surface area contributed by atoms with Gasteiger partial charge in [-0.05, 0) is 24.6 Å². The van der Waals surface area contributed by atoms with Gasteiger partial charge in [0.25, 0.3) is 0 Å². The van der Waals surface area contributed by atoms with Crippen molar-refractivity contribution in [1.29, 1.82) is 0 Å². The summed E-state index contributed by atoms with van der Waals surface area (Å²) in [6, 6.07) is 5.44. The van der Waals surface area contributed by atoms with Gasteiger partial charge >= 0.3 is 0 Å². The van der Waals surface area contributed by atoms with Crippen molar-refractivity contribution in [2.75, 3.05) is 17.6 Å². The largest absolute Gasteiger partial charge is 0.497 e. The van der Waals surface area contributed by atoms with Crippen LogP contribution in [0.5, 0.6) is 5.75 Å². The van der Waals surface area contributed by atoms with Gasteiger partial charge in [-0.1, -0.05) is 18.3 Å². The molecule has 2 rings (SSSR count). The summed E-state index contributed by atoms with van der Waals surface area (Å²) in [5, 5.41) is 0.395. The lowest BCUT2D eigenvalue weighted by Gasteiger charge is -2.01. The second-order valence-electron chi connectivity index (χ2n) is 3.77. The van der Waals surface area contributed by atoms with Crippen LogP contribution in [0.25, 0.3) is 10.2 Å². The molecule has 98 valence electrons. The molecule has 18 heavy (non-hydrogen) atoms. The molecule has 0 unspecified atom stereocenters. The minimum absolute atomic E-state index is 0.103. The van der Waals surface area contributed by atoms with E-state index in [9.17, 15) is 8.42 Å². The highest BCUT2D eigenvalue weighted by Gasteiger charge is 2.12. The monoisotopic (exact) mass is 286 g/mol. The molecule has 0 saturated carbocycles. The molecule has 1 aromatic carbocycles. The Balaban J connectivity index is 2.30. The number of nitrogens with one attached hydrogen (secondary N) is 1. The third-order valence-electron chi connectivity index (χ3n) is 2.31. The Morgan fingerprint density at radius 2 is 2.22 bits per heavy atom. The number of ether oxygens (including phenoxy) is 1. The van der Waals surface area contributed by atoms with Gasteiger partial charge in [-0.25, -0.2) is 13.4 Å². The lowest BCUT2D eigenvalue weighted by molar-refractivity contribution is 0.415. The number of thiazole rings is 1. The maximum Gasteiger partial charge on any atom is 0.234 e. The SMILES string of the molecule is CCCS(=O)(=O)Nc1nc2ccc(OC)cc2s1. The first-order valence-corrected chi connectivity index (χ1v) is 7.96. The second-order valence-corrected chi connectivity index (χ2v) is 6.65. The third-order valence-corrected chi connectivity index (χ3v) is 4.82. The zero-order valence-corrected chi connectivity index (χ0v) is 11.8. The topological polar surface area (TPSA) is 68.3 Å². The summed E-state index contributed by atoms with van der Waals surface area (Å²) in [6.07, 6.45) is 0.577. The van der Waals surface area contributed by atoms with Gasteiger partial charge in [0.2, 0.25) is 10.0 Å². The molecule has 5 nitrogen and oxygen atoms in total. The summed E-state index contributed by atoms with van der Waals surface area (Å²) in [4.78, 5) is 4.23. The van der Waals surface area contributed by atoms with Crippen molar-refractivity contribution in [1.82, 2.24) is 4.98 Å². The smallest absolute Gasteiger partial charge is 0.234 e. The van der Waals surface area contributed by atoms with Crippen LogP contribution in [-0.2, 0) is 10.0 Å². The molecule has 0 aliphatic rings. The van der Waals surface area contributed by atoms with Crippen LogP contribution in [-0.4, -0.2) is 26.3 Å². The van der Waals surface area contributed by atoms with Crippen molar-refractivity contribution >= 4 is 36.7 Å². The molecular formula is C11H14N2O3S2. The van der Waals surface area contributed by atoms with E-state index in [0.717, 1.165) is 16.0 Å². The first kappa shape index (κ1) is 13.1. The highest BCUT2D eigenvalue weighted by molar-refractivity contribution is 7.92. The fourth-order valence-electron chi connectivity index (χ4n) is 1.53. The number of hydrogen-bond acceptors (Lipinski definition) is 5. The predicted molar refractivity (Wildman–Crippen MR) is 73.9 cm³/mol. The number of anilines is 1. The third kappa shape index (κ3) is 2.91. The molecule has 0 bridgehead atoms. The Labute approximate surface area is 110 Å². The Morgan fingerprint density at radius 3 is 2.89 bits per heavy atom. The van der Waals surface area contributed by atoms with Gasteiger partial charge in [0.05, 0.1) is 23.1 Å². The Bertz CT molecular complexity index is 649. The van der Waals surface area contributed by atoms with E-state index in [1.165, 1.54) is 11.3 Å². The van der Waals surface area contributed by atoms with E-state index in [0.29, 0.717) is 11.6 Å². The van der Waals surface area contributed by atoms with Gasteiger partial charge in [0.15, 0.2) is 5.13 Å². The van der Waals surface area contributed by atoms with E-state index >= 15 is 0 Å². The average Bonchev–Trinajstić information content (AvgIpc) is 2.68. The Kier molecular flexibility index (Phi) is 3.72. The maximum absolute atomic E-state index is 11.6. The van der Waals surface area contributed by atoms with E-state index in [-0.39, 0.29) is 5.75 Å². The van der Waals surface area contributed by atoms with Gasteiger partial charge in [-0.3, -0.25) is 4.72 Å². The number of aromatic nitrogens is 1. The van der Waals surface area contributed by atoms with Crippen molar-refractivity contribution < 1.29 is 13.2 Å². The molecule has 0 fully saturated rings. The molecule has 0 saturated heterocycles. The normalized spacial score (nSPS) is 11.7. The van der Waals surface area contributed by atoms with Crippen LogP contribution in [0.15, 0.2) is 18.2 Å². The fraction of sp³-hybridized carbons (Fsp3) is 0.364. The molecular weight excluding hydrogens is 272 g/mol. The first-order valence-electron chi connectivity index (χ1n) is 5.49. The van der Waals surface area contributed by atoms with Crippen LogP contribution in [0.2, 0.25) is 0 Å². The van der Waals surface area contributed by atoms with Crippen molar-refractivity contribution in [2.45, 2.75) is 13.3 Å². The number of hydrogen-bond donors (Lipinski definition) is 1. The minimum Gasteiger partial charge on any atom is -0.497 e. The summed E-state index contributed by atoms with van der Waals surface area (Å²) >= 11 is 1.30. The summed E-state index contributed by atoms with van der Waals surface area (Å²) in [5.41, 5.74) is 0.759. The van der Waals surface area contributed by atoms with Crippen LogP contribution in [0.4, 0.5) is 5.13 Å². The average molecular weight is 286 g/mol. The number of fused-ring (bicyclic) bond motifs is 1. The predicted octanol–water partition coefficient (Wildman–Crippen LogP) is 2.46. The first-order chi connectivity index (χ1) is 8.54. The summed E-state index contributed by atoms with van der Waals surface area (Å²) in [7, 11) is -1.69. The van der Waals surface area contributed by atoms with Gasteiger partial charge in [0.1, 0.15) is 5.75 Å². The standard InChI is InChI=1S/C11H14N2O3S2/c1-3-6-18(14,15)13-11-12-9-5-4-8(16-2)7-10(9)17-11/h4-5,7H,3,6H2,1-2H3,(H,12,13). The maximum atomic E-state index is 11.6. The van der Waals surface area contributed by atoms with Crippen LogP contribution < -0.4 is 9.46 Å². The molecule has 1 aromatic heterocycles. The molecule has 0 radical (unpaired) electrons. The number of methoxy groups -OCH3 is 1. The van der Waals surface area contributed by atoms with E-state index in [4.69, 9.17) is 4.74 Å². The lowest BCUT2D eigenvalue weighted by atomic mass is 10.3. The molecule has 1 heterocycles. The highest BCUT2D eigenvalue weighted by Crippen LogP contribution is 2.29. The molecule has 0 atom stereocenters. The van der Waals surface area contributed by atoms with Crippen LogP contribution in [0, 0.1) is 0 Å². The summed E-state index contributed by atoms with van der Waals surface area (Å²) < 4.78 is 31.7. The molecule has 0 aliphatic carbocycles. The zero-order chi connectivity index (χ0) is 13.2. The highest BCUT2D eigenvalue weighted by atomic mass is 32.2. The van der Waals surface area contributed by atoms with Crippen molar-refractivity contribution in [3.8, 4) is 5.75 Å². The minimum atomic E-state index is -3.28. The molecule has 2 aromatic rings. The number of benzene rings is 1. The van der Waals surface area contributed by atoms with Gasteiger partial charge < -0.3 is 4.74 Å². The Hall–Kier alpha value is -1.34. The second kappa shape index (κ2) is 5.11. The molecule has 1 N–H and O–H groups in total. The van der Waals surface area contributed by atoms with Crippen LogP contribution in [0.3, 0.4) is 0 Å². The number of nitrogens with zero attached hydrogens (tertiary/aromatic N) is 1. The Morgan fingerprint density at radius 1 is 1.44 bits per heavy atom. The quantitative estimate of drug-likeness (QED) is 0.916.